The summed E-state index contributed by atoms with van der Waals surface area (Å²) < 4.78 is 23.9. The Labute approximate surface area is 203 Å². The number of hydrogen-bond donors (Lipinski definition) is 4. The number of benzene rings is 1. The molecule has 1 amide bonds. The van der Waals surface area contributed by atoms with E-state index >= 15 is 0 Å². The van der Waals surface area contributed by atoms with E-state index in [2.05, 4.69) is 30.3 Å². The van der Waals surface area contributed by atoms with Crippen molar-refractivity contribution in [3.05, 3.63) is 74.1 Å². The third-order valence-electron chi connectivity index (χ3n) is 3.68. The van der Waals surface area contributed by atoms with Crippen LogP contribution in [0.15, 0.2) is 42.9 Å². The monoisotopic (exact) mass is 631 g/mol. The summed E-state index contributed by atoms with van der Waals surface area (Å²) >= 11 is 0. The van der Waals surface area contributed by atoms with Gasteiger partial charge >= 0.3 is 45.8 Å². The van der Waals surface area contributed by atoms with Crippen molar-refractivity contribution in [2.24, 2.45) is 5.73 Å². The van der Waals surface area contributed by atoms with Crippen molar-refractivity contribution in [3.63, 3.8) is 0 Å². The van der Waals surface area contributed by atoms with Crippen LogP contribution in [0, 0.1) is 20.0 Å². The number of aromatic nitrogens is 2. The molecule has 2 atom stereocenters. The summed E-state index contributed by atoms with van der Waals surface area (Å²) in [5.74, 6) is -2.75. The first kappa shape index (κ1) is 34.3. The molecule has 0 aliphatic carbocycles. The van der Waals surface area contributed by atoms with E-state index in [1.54, 1.807) is 24.3 Å². The SMILES string of the molecule is NC(Cc1cn(CC(=O)NC(Cc2ccccc2)C(=O)O)cn1)C(=O)O.[C-]#[O+].[C-]#[O+].[C-]#[O+].[Re]. The molecule has 1 aromatic heterocycles. The fraction of sp³-hybridized carbons (Fsp3) is 0.250. The van der Waals surface area contributed by atoms with Crippen LogP contribution in [0.5, 0.6) is 0 Å². The molecule has 13 heteroatoms. The van der Waals surface area contributed by atoms with Gasteiger partial charge in [0.2, 0.25) is 5.91 Å². The van der Waals surface area contributed by atoms with Crippen LogP contribution in [-0.2, 0) is 68.1 Å². The molecule has 0 aliphatic rings. The Bertz CT molecular complexity index is 897. The summed E-state index contributed by atoms with van der Waals surface area (Å²) in [5.41, 5.74) is 6.67. The van der Waals surface area contributed by atoms with Crippen molar-refractivity contribution in [2.75, 3.05) is 0 Å². The maximum Gasteiger partial charge on any atom is 0 e. The number of carboxylic acids is 2. The van der Waals surface area contributed by atoms with E-state index in [1.807, 2.05) is 6.07 Å². The van der Waals surface area contributed by atoms with Crippen molar-refractivity contribution in [3.8, 4) is 0 Å². The number of nitrogens with two attached hydrogens (primary N) is 1. The van der Waals surface area contributed by atoms with Crippen LogP contribution in [0.3, 0.4) is 0 Å². The number of carbonyl (C=O) groups is 3. The standard InChI is InChI=1S/C17H20N4O5.3CO.Re/c18-13(16(23)24)7-12-8-21(10-19-12)9-15(22)20-14(17(25)26)6-11-4-2-1-3-5-11;3*1-2;/h1-5,8,10,13-14H,6-7,9,18H2,(H,20,22)(H,23,24)(H,25,26);;;;. The third kappa shape index (κ3) is 14.4. The first-order chi connectivity index (χ1) is 15.3. The minimum absolute atomic E-state index is 0. The van der Waals surface area contributed by atoms with Gasteiger partial charge in [0.1, 0.15) is 18.6 Å². The molecule has 1 heterocycles. The van der Waals surface area contributed by atoms with Crippen molar-refractivity contribution >= 4 is 17.8 Å². The normalized spacial score (nSPS) is 10.4. The van der Waals surface area contributed by atoms with E-state index in [-0.39, 0.29) is 39.8 Å². The maximum atomic E-state index is 12.1. The van der Waals surface area contributed by atoms with Gasteiger partial charge in [-0.25, -0.2) is 9.78 Å². The minimum Gasteiger partial charge on any atom is 0 e. The quantitative estimate of drug-likeness (QED) is 0.211. The molecule has 0 spiro atoms. The molecule has 0 saturated carbocycles. The van der Waals surface area contributed by atoms with Crippen LogP contribution in [0.25, 0.3) is 0 Å². The Kier molecular flexibility index (Phi) is 21.4. The van der Waals surface area contributed by atoms with Gasteiger partial charge in [-0.3, -0.25) is 9.59 Å². The van der Waals surface area contributed by atoms with E-state index in [4.69, 9.17) is 24.8 Å². The van der Waals surface area contributed by atoms with Crippen LogP contribution in [-0.4, -0.2) is 49.7 Å². The Morgan fingerprint density at radius 1 is 1.00 bits per heavy atom. The molecule has 0 fully saturated rings. The molecule has 33 heavy (non-hydrogen) atoms. The molecule has 1 radical (unpaired) electrons. The van der Waals surface area contributed by atoms with Crippen LogP contribution in [0.4, 0.5) is 0 Å². The van der Waals surface area contributed by atoms with E-state index in [1.165, 1.54) is 17.1 Å². The molecule has 2 unspecified atom stereocenters. The number of hydrogen-bond acceptors (Lipinski definition) is 5. The molecular formula is C20H20N4O8Re. The number of carbonyl (C=O) groups excluding carboxylic acids is 1. The van der Waals surface area contributed by atoms with Crippen molar-refractivity contribution in [2.45, 2.75) is 31.5 Å². The first-order valence-electron chi connectivity index (χ1n) is 8.51. The zero-order valence-electron chi connectivity index (χ0n) is 17.0. The molecule has 0 aliphatic heterocycles. The van der Waals surface area contributed by atoms with Gasteiger partial charge in [-0.1, -0.05) is 30.3 Å². The summed E-state index contributed by atoms with van der Waals surface area (Å²) in [4.78, 5) is 38.2. The zero-order chi connectivity index (χ0) is 25.1. The molecule has 175 valence electrons. The number of rotatable bonds is 9. The number of carboxylic acid groups (broad SMARTS) is 2. The number of imidazole rings is 1. The minimum atomic E-state index is -1.14. The smallest absolute Gasteiger partial charge is 0 e. The topological polar surface area (TPSA) is 207 Å². The van der Waals surface area contributed by atoms with Gasteiger partial charge in [-0.15, -0.1) is 0 Å². The van der Waals surface area contributed by atoms with Crippen LogP contribution >= 0.6 is 0 Å². The molecule has 0 saturated heterocycles. The second-order valence-electron chi connectivity index (χ2n) is 5.83. The average molecular weight is 631 g/mol. The van der Waals surface area contributed by atoms with E-state index < -0.39 is 29.9 Å². The summed E-state index contributed by atoms with van der Waals surface area (Å²) in [6.07, 6.45) is 3.09. The number of aliphatic carboxylic acids is 2. The Balaban J connectivity index is -0.00000119. The molecule has 2 rings (SSSR count). The second-order valence-corrected chi connectivity index (χ2v) is 5.83. The largest absolute Gasteiger partial charge is 0 e. The van der Waals surface area contributed by atoms with Crippen LogP contribution in [0.1, 0.15) is 11.3 Å². The second kappa shape index (κ2) is 20.6. The summed E-state index contributed by atoms with van der Waals surface area (Å²) in [5, 5.41) is 20.6. The Morgan fingerprint density at radius 3 is 2.03 bits per heavy atom. The average Bonchev–Trinajstić information content (AvgIpc) is 3.24. The van der Waals surface area contributed by atoms with E-state index in [0.29, 0.717) is 5.69 Å². The number of nitrogens with one attached hydrogen (secondary N) is 1. The van der Waals surface area contributed by atoms with Crippen molar-refractivity contribution in [1.29, 1.82) is 0 Å². The fourth-order valence-corrected chi connectivity index (χ4v) is 2.37. The van der Waals surface area contributed by atoms with Gasteiger partial charge in [0.05, 0.1) is 12.0 Å². The van der Waals surface area contributed by atoms with Gasteiger partial charge in [0.25, 0.3) is 0 Å². The summed E-state index contributed by atoms with van der Waals surface area (Å²) in [6, 6.07) is 6.87. The van der Waals surface area contributed by atoms with Gasteiger partial charge in [-0.2, -0.15) is 0 Å². The summed E-state index contributed by atoms with van der Waals surface area (Å²) in [6.45, 7) is 13.4. The number of nitrogens with zero attached hydrogens (tertiary/aromatic N) is 2. The van der Waals surface area contributed by atoms with Gasteiger partial charge in [-0.05, 0) is 5.56 Å². The molecule has 1 aromatic carbocycles. The molecular weight excluding hydrogens is 610 g/mol. The molecule has 2 aromatic rings. The Hall–Kier alpha value is -3.32. The zero-order valence-corrected chi connectivity index (χ0v) is 19.7. The maximum absolute atomic E-state index is 12.1. The van der Waals surface area contributed by atoms with Gasteiger partial charge < -0.3 is 25.8 Å². The molecule has 12 nitrogen and oxygen atoms in total. The van der Waals surface area contributed by atoms with Crippen LogP contribution < -0.4 is 11.1 Å². The number of amides is 1. The summed E-state index contributed by atoms with van der Waals surface area (Å²) in [7, 11) is 0. The predicted molar refractivity (Wildman–Crippen MR) is 103 cm³/mol. The van der Waals surface area contributed by atoms with Crippen molar-refractivity contribution in [1.82, 2.24) is 14.9 Å². The van der Waals surface area contributed by atoms with Crippen molar-refractivity contribution < 1.29 is 59.0 Å². The van der Waals surface area contributed by atoms with Gasteiger partial charge in [0, 0.05) is 39.5 Å². The molecule has 5 N–H and O–H groups in total. The Morgan fingerprint density at radius 2 is 1.55 bits per heavy atom. The molecule has 0 bridgehead atoms. The van der Waals surface area contributed by atoms with Crippen LogP contribution in [0.2, 0.25) is 0 Å². The van der Waals surface area contributed by atoms with E-state index in [9.17, 15) is 19.5 Å². The van der Waals surface area contributed by atoms with Gasteiger partial charge in [0.15, 0.2) is 0 Å². The van der Waals surface area contributed by atoms with E-state index in [0.717, 1.165) is 5.56 Å². The first-order valence-corrected chi connectivity index (χ1v) is 8.51. The third-order valence-corrected chi connectivity index (χ3v) is 3.68. The fourth-order valence-electron chi connectivity index (χ4n) is 2.37. The predicted octanol–water partition coefficient (Wildman–Crippen LogP) is -0.465.